The number of alkyl halides is 1. The lowest BCUT2D eigenvalue weighted by molar-refractivity contribution is 0.0508. The average molecular weight is 295 g/mol. The van der Waals surface area contributed by atoms with Crippen molar-refractivity contribution >= 4 is 11.6 Å². The normalized spacial score (nSPS) is 34.4. The number of hydrogen-bond donors (Lipinski definition) is 0. The molecule has 110 valence electrons. The van der Waals surface area contributed by atoms with Crippen LogP contribution < -0.4 is 4.74 Å². The summed E-state index contributed by atoms with van der Waals surface area (Å²) in [5, 5.41) is 0.0113. The Balaban J connectivity index is 1.85. The predicted molar refractivity (Wildman–Crippen MR) is 81.5 cm³/mol. The molecule has 2 aliphatic heterocycles. The highest BCUT2D eigenvalue weighted by Crippen LogP contribution is 2.44. The lowest BCUT2D eigenvalue weighted by atomic mass is 9.83. The molecule has 5 unspecified atom stereocenters. The van der Waals surface area contributed by atoms with Crippen LogP contribution in [0.25, 0.3) is 0 Å². The van der Waals surface area contributed by atoms with Crippen LogP contribution in [-0.4, -0.2) is 18.8 Å². The van der Waals surface area contributed by atoms with E-state index in [0.29, 0.717) is 11.8 Å². The van der Waals surface area contributed by atoms with Crippen molar-refractivity contribution in [3.8, 4) is 5.75 Å². The molecule has 20 heavy (non-hydrogen) atoms. The second kappa shape index (κ2) is 5.57. The van der Waals surface area contributed by atoms with E-state index in [1.807, 2.05) is 0 Å². The second-order valence-corrected chi connectivity index (χ2v) is 6.67. The van der Waals surface area contributed by atoms with Crippen molar-refractivity contribution < 1.29 is 9.47 Å². The molecule has 3 heteroatoms. The maximum atomic E-state index is 6.79. The summed E-state index contributed by atoms with van der Waals surface area (Å²) in [5.74, 6) is 1.88. The summed E-state index contributed by atoms with van der Waals surface area (Å²) >= 11 is 6.79. The van der Waals surface area contributed by atoms with Crippen molar-refractivity contribution in [1.29, 1.82) is 0 Å². The van der Waals surface area contributed by atoms with E-state index < -0.39 is 0 Å². The van der Waals surface area contributed by atoms with E-state index in [0.717, 1.165) is 25.2 Å². The van der Waals surface area contributed by atoms with Crippen LogP contribution in [-0.2, 0) is 11.2 Å². The number of benzene rings is 1. The molecular formula is C17H23ClO2. The minimum absolute atomic E-state index is 0.0113. The van der Waals surface area contributed by atoms with Gasteiger partial charge in [0.2, 0.25) is 0 Å². The lowest BCUT2D eigenvalue weighted by Crippen LogP contribution is -2.22. The summed E-state index contributed by atoms with van der Waals surface area (Å²) in [6.07, 6.45) is 2.70. The highest BCUT2D eigenvalue weighted by Gasteiger charge is 2.41. The van der Waals surface area contributed by atoms with Gasteiger partial charge in [-0.05, 0) is 49.8 Å². The fourth-order valence-electron chi connectivity index (χ4n) is 3.57. The summed E-state index contributed by atoms with van der Waals surface area (Å²) < 4.78 is 11.6. The highest BCUT2D eigenvalue weighted by molar-refractivity contribution is 6.21. The summed E-state index contributed by atoms with van der Waals surface area (Å²) in [6, 6.07) is 6.42. The van der Waals surface area contributed by atoms with Gasteiger partial charge in [-0.2, -0.15) is 0 Å². The zero-order valence-electron chi connectivity index (χ0n) is 12.4. The molecule has 0 N–H and O–H groups in total. The van der Waals surface area contributed by atoms with Gasteiger partial charge in [-0.3, -0.25) is 0 Å². The zero-order valence-corrected chi connectivity index (χ0v) is 13.2. The predicted octanol–water partition coefficient (Wildman–Crippen LogP) is 4.35. The average Bonchev–Trinajstić information content (AvgIpc) is 2.71. The zero-order chi connectivity index (χ0) is 14.3. The molecule has 0 bridgehead atoms. The van der Waals surface area contributed by atoms with Gasteiger partial charge in [-0.1, -0.05) is 19.1 Å². The van der Waals surface area contributed by atoms with E-state index >= 15 is 0 Å². The maximum absolute atomic E-state index is 6.79. The van der Waals surface area contributed by atoms with Gasteiger partial charge in [0.25, 0.3) is 0 Å². The van der Waals surface area contributed by atoms with Crippen molar-refractivity contribution in [2.45, 2.75) is 51.2 Å². The van der Waals surface area contributed by atoms with Gasteiger partial charge in [0, 0.05) is 5.92 Å². The van der Waals surface area contributed by atoms with E-state index in [1.54, 1.807) is 0 Å². The molecule has 2 nitrogen and oxygen atoms in total. The van der Waals surface area contributed by atoms with Gasteiger partial charge >= 0.3 is 0 Å². The van der Waals surface area contributed by atoms with Crippen LogP contribution in [0.2, 0.25) is 0 Å². The SMILES string of the molecule is CC1OC(C)C(C(Cl)c2ccc3c(c2)CCCO3)C1C. The van der Waals surface area contributed by atoms with E-state index in [1.165, 1.54) is 11.1 Å². The van der Waals surface area contributed by atoms with Crippen molar-refractivity contribution in [3.63, 3.8) is 0 Å². The number of fused-ring (bicyclic) bond motifs is 1. The Hall–Kier alpha value is -0.730. The lowest BCUT2D eigenvalue weighted by Gasteiger charge is -2.26. The Morgan fingerprint density at radius 1 is 1.20 bits per heavy atom. The van der Waals surface area contributed by atoms with Crippen LogP contribution in [0.1, 0.15) is 43.7 Å². The van der Waals surface area contributed by atoms with Crippen LogP contribution in [0.4, 0.5) is 0 Å². The molecule has 0 aliphatic carbocycles. The van der Waals surface area contributed by atoms with Gasteiger partial charge in [0.1, 0.15) is 5.75 Å². The standard InChI is InChI=1S/C17H23ClO2/c1-10-11(2)20-12(3)16(10)17(18)14-6-7-15-13(9-14)5-4-8-19-15/h6-7,9-12,16-17H,4-5,8H2,1-3H3. The highest BCUT2D eigenvalue weighted by atomic mass is 35.5. The molecule has 0 aromatic heterocycles. The first kappa shape index (κ1) is 14.2. The number of aryl methyl sites for hydroxylation is 1. The van der Waals surface area contributed by atoms with Gasteiger partial charge in [-0.25, -0.2) is 0 Å². The smallest absolute Gasteiger partial charge is 0.122 e. The number of ether oxygens (including phenoxy) is 2. The minimum atomic E-state index is 0.0113. The Morgan fingerprint density at radius 3 is 2.70 bits per heavy atom. The first-order valence-corrected chi connectivity index (χ1v) is 8.06. The van der Waals surface area contributed by atoms with Crippen molar-refractivity contribution in [1.82, 2.24) is 0 Å². The molecule has 1 aromatic rings. The first-order valence-electron chi connectivity index (χ1n) is 7.63. The molecule has 0 amide bonds. The quantitative estimate of drug-likeness (QED) is 0.755. The largest absolute Gasteiger partial charge is 0.493 e. The van der Waals surface area contributed by atoms with Gasteiger partial charge in [-0.15, -0.1) is 11.6 Å². The van der Waals surface area contributed by atoms with Gasteiger partial charge in [0.15, 0.2) is 0 Å². The Bertz CT molecular complexity index is 488. The van der Waals surface area contributed by atoms with Crippen LogP contribution in [0.3, 0.4) is 0 Å². The molecule has 3 rings (SSSR count). The van der Waals surface area contributed by atoms with Gasteiger partial charge in [0.05, 0.1) is 24.2 Å². The summed E-state index contributed by atoms with van der Waals surface area (Å²) in [7, 11) is 0. The molecule has 1 fully saturated rings. The fourth-order valence-corrected chi connectivity index (χ4v) is 4.14. The number of rotatable bonds is 2. The second-order valence-electron chi connectivity index (χ2n) is 6.20. The van der Waals surface area contributed by atoms with Crippen molar-refractivity contribution in [3.05, 3.63) is 29.3 Å². The topological polar surface area (TPSA) is 18.5 Å². The van der Waals surface area contributed by atoms with Crippen LogP contribution in [0.5, 0.6) is 5.75 Å². The van der Waals surface area contributed by atoms with Crippen molar-refractivity contribution in [2.75, 3.05) is 6.61 Å². The van der Waals surface area contributed by atoms with Crippen LogP contribution in [0, 0.1) is 11.8 Å². The van der Waals surface area contributed by atoms with Crippen LogP contribution in [0.15, 0.2) is 18.2 Å². The molecule has 1 saturated heterocycles. The van der Waals surface area contributed by atoms with Crippen molar-refractivity contribution in [2.24, 2.45) is 11.8 Å². The number of hydrogen-bond acceptors (Lipinski definition) is 2. The Morgan fingerprint density at radius 2 is 2.00 bits per heavy atom. The Labute approximate surface area is 126 Å². The van der Waals surface area contributed by atoms with E-state index in [2.05, 4.69) is 39.0 Å². The monoisotopic (exact) mass is 294 g/mol. The molecule has 1 aromatic carbocycles. The molecule has 0 spiro atoms. The third-order valence-electron chi connectivity index (χ3n) is 4.91. The molecule has 2 heterocycles. The van der Waals surface area contributed by atoms with E-state index in [-0.39, 0.29) is 17.6 Å². The summed E-state index contributed by atoms with van der Waals surface area (Å²) in [4.78, 5) is 0. The van der Waals surface area contributed by atoms with E-state index in [9.17, 15) is 0 Å². The summed E-state index contributed by atoms with van der Waals surface area (Å²) in [6.45, 7) is 7.36. The third kappa shape index (κ3) is 2.44. The maximum Gasteiger partial charge on any atom is 0.122 e. The third-order valence-corrected chi connectivity index (χ3v) is 5.45. The minimum Gasteiger partial charge on any atom is -0.493 e. The molecular weight excluding hydrogens is 272 g/mol. The fraction of sp³-hybridized carbons (Fsp3) is 0.647. The Kier molecular flexibility index (Phi) is 3.96. The molecule has 0 saturated carbocycles. The molecule has 5 atom stereocenters. The molecule has 2 aliphatic rings. The first-order chi connectivity index (χ1) is 9.58. The van der Waals surface area contributed by atoms with E-state index in [4.69, 9.17) is 21.1 Å². The molecule has 0 radical (unpaired) electrons. The summed E-state index contributed by atoms with van der Waals surface area (Å²) in [5.41, 5.74) is 2.50. The van der Waals surface area contributed by atoms with Gasteiger partial charge < -0.3 is 9.47 Å². The van der Waals surface area contributed by atoms with Crippen LogP contribution >= 0.6 is 11.6 Å². The number of halogens is 1.